The van der Waals surface area contributed by atoms with Crippen molar-refractivity contribution in [2.75, 3.05) is 52.7 Å². The zero-order valence-corrected chi connectivity index (χ0v) is 18.6. The van der Waals surface area contributed by atoms with Gasteiger partial charge in [-0.25, -0.2) is 4.79 Å². The van der Waals surface area contributed by atoms with E-state index in [2.05, 4.69) is 12.1 Å². The van der Waals surface area contributed by atoms with Gasteiger partial charge in [0.2, 0.25) is 0 Å². The van der Waals surface area contributed by atoms with Crippen LogP contribution in [0.2, 0.25) is 0 Å². The molecule has 0 atom stereocenters. The second-order valence-electron chi connectivity index (χ2n) is 8.46. The van der Waals surface area contributed by atoms with Gasteiger partial charge in [0.1, 0.15) is 11.4 Å². The molecule has 0 unspecified atom stereocenters. The van der Waals surface area contributed by atoms with E-state index in [4.69, 9.17) is 24.1 Å². The highest BCUT2D eigenvalue weighted by molar-refractivity contribution is 5.68. The fourth-order valence-corrected chi connectivity index (χ4v) is 3.30. The quantitative estimate of drug-likeness (QED) is 0.548. The molecular formula is C23H37NO6. The number of aliphatic hydroxyl groups excluding tert-OH is 1. The normalized spacial score (nSPS) is 15.3. The van der Waals surface area contributed by atoms with Crippen LogP contribution >= 0.6 is 0 Å². The van der Waals surface area contributed by atoms with E-state index < -0.39 is 5.60 Å². The number of amides is 1. The lowest BCUT2D eigenvalue weighted by Crippen LogP contribution is -2.41. The molecule has 1 saturated heterocycles. The average molecular weight is 424 g/mol. The molecule has 1 heterocycles. The highest BCUT2D eigenvalue weighted by atomic mass is 16.6. The first-order valence-corrected chi connectivity index (χ1v) is 10.9. The third-order valence-corrected chi connectivity index (χ3v) is 4.81. The molecule has 0 bridgehead atoms. The number of nitrogens with zero attached hydrogens (tertiary/aromatic N) is 1. The first kappa shape index (κ1) is 24.4. The fourth-order valence-electron chi connectivity index (χ4n) is 3.30. The second-order valence-corrected chi connectivity index (χ2v) is 8.46. The summed E-state index contributed by atoms with van der Waals surface area (Å²) >= 11 is 0. The first-order chi connectivity index (χ1) is 14.4. The Morgan fingerprint density at radius 2 is 1.63 bits per heavy atom. The van der Waals surface area contributed by atoms with Crippen LogP contribution in [0, 0.1) is 0 Å². The number of hydrogen-bond acceptors (Lipinski definition) is 6. The smallest absolute Gasteiger partial charge is 0.410 e. The highest BCUT2D eigenvalue weighted by Gasteiger charge is 2.27. The molecule has 0 spiro atoms. The van der Waals surface area contributed by atoms with Crippen molar-refractivity contribution >= 4 is 6.09 Å². The number of likely N-dealkylation sites (tertiary alicyclic amines) is 1. The second kappa shape index (κ2) is 12.8. The summed E-state index contributed by atoms with van der Waals surface area (Å²) in [7, 11) is 0. The molecule has 1 amide bonds. The number of piperidine rings is 1. The van der Waals surface area contributed by atoms with Gasteiger partial charge in [0.05, 0.1) is 33.0 Å². The number of carbonyl (C=O) groups is 1. The lowest BCUT2D eigenvalue weighted by Gasteiger charge is -2.33. The summed E-state index contributed by atoms with van der Waals surface area (Å²) in [5.74, 6) is 1.32. The Labute approximate surface area is 180 Å². The van der Waals surface area contributed by atoms with Crippen molar-refractivity contribution in [3.8, 4) is 5.75 Å². The lowest BCUT2D eigenvalue weighted by molar-refractivity contribution is 0.0205. The van der Waals surface area contributed by atoms with Crippen LogP contribution < -0.4 is 4.74 Å². The van der Waals surface area contributed by atoms with E-state index >= 15 is 0 Å². The Kier molecular flexibility index (Phi) is 10.4. The van der Waals surface area contributed by atoms with E-state index in [0.29, 0.717) is 39.0 Å². The molecule has 1 aliphatic rings. The molecule has 7 heteroatoms. The zero-order valence-electron chi connectivity index (χ0n) is 18.6. The molecule has 170 valence electrons. The molecule has 1 N–H and O–H groups in total. The Morgan fingerprint density at radius 3 is 2.23 bits per heavy atom. The molecule has 1 aliphatic heterocycles. The van der Waals surface area contributed by atoms with Gasteiger partial charge in [0.15, 0.2) is 0 Å². The van der Waals surface area contributed by atoms with Crippen LogP contribution in [0.15, 0.2) is 24.3 Å². The summed E-state index contributed by atoms with van der Waals surface area (Å²) < 4.78 is 21.8. The Bertz CT molecular complexity index is 605. The van der Waals surface area contributed by atoms with E-state index in [0.717, 1.165) is 38.1 Å². The summed E-state index contributed by atoms with van der Waals surface area (Å²) in [4.78, 5) is 14.0. The first-order valence-electron chi connectivity index (χ1n) is 10.9. The van der Waals surface area contributed by atoms with Crippen LogP contribution in [-0.2, 0) is 14.2 Å². The van der Waals surface area contributed by atoms with E-state index in [1.165, 1.54) is 5.56 Å². The van der Waals surface area contributed by atoms with Crippen molar-refractivity contribution < 1.29 is 28.8 Å². The number of carbonyl (C=O) groups excluding carboxylic acids is 1. The van der Waals surface area contributed by atoms with Gasteiger partial charge in [-0.2, -0.15) is 0 Å². The predicted octanol–water partition coefficient (Wildman–Crippen LogP) is 3.60. The number of hydrogen-bond donors (Lipinski definition) is 1. The summed E-state index contributed by atoms with van der Waals surface area (Å²) in [5.41, 5.74) is 0.835. The summed E-state index contributed by atoms with van der Waals surface area (Å²) in [6, 6.07) is 8.27. The molecular weight excluding hydrogens is 386 g/mol. The van der Waals surface area contributed by atoms with Crippen LogP contribution in [0.1, 0.15) is 51.5 Å². The van der Waals surface area contributed by atoms with Gasteiger partial charge in [0, 0.05) is 26.1 Å². The van der Waals surface area contributed by atoms with Crippen molar-refractivity contribution in [2.24, 2.45) is 0 Å². The number of ether oxygens (including phenoxy) is 4. The van der Waals surface area contributed by atoms with E-state index in [-0.39, 0.29) is 12.7 Å². The van der Waals surface area contributed by atoms with Crippen LogP contribution in [0.5, 0.6) is 5.75 Å². The van der Waals surface area contributed by atoms with Gasteiger partial charge in [-0.05, 0) is 57.2 Å². The van der Waals surface area contributed by atoms with Crippen molar-refractivity contribution in [3.05, 3.63) is 29.8 Å². The van der Waals surface area contributed by atoms with Crippen LogP contribution in [0.3, 0.4) is 0 Å². The highest BCUT2D eigenvalue weighted by Crippen LogP contribution is 2.29. The third-order valence-electron chi connectivity index (χ3n) is 4.81. The zero-order chi connectivity index (χ0) is 21.8. The minimum absolute atomic E-state index is 0.0396. The standard InChI is InChI=1S/C23H37NO6/c1-23(2,3)30-22(26)24-11-9-20(10-12-24)19-5-7-21(8-6-19)29-15-4-14-27-17-18-28-16-13-25/h5-8,20,25H,4,9-18H2,1-3H3. The van der Waals surface area contributed by atoms with Crippen molar-refractivity contribution in [1.29, 1.82) is 0 Å². The molecule has 1 fully saturated rings. The van der Waals surface area contributed by atoms with Gasteiger partial charge < -0.3 is 29.0 Å². The Balaban J connectivity index is 1.62. The molecule has 0 aromatic heterocycles. The van der Waals surface area contributed by atoms with E-state index in [1.54, 1.807) is 4.90 Å². The average Bonchev–Trinajstić information content (AvgIpc) is 2.72. The number of benzene rings is 1. The summed E-state index contributed by atoms with van der Waals surface area (Å²) in [6.07, 6.45) is 2.48. The minimum atomic E-state index is -0.454. The molecule has 0 radical (unpaired) electrons. The maximum atomic E-state index is 12.2. The van der Waals surface area contributed by atoms with Gasteiger partial charge in [-0.15, -0.1) is 0 Å². The van der Waals surface area contributed by atoms with Crippen molar-refractivity contribution in [2.45, 2.75) is 51.6 Å². The van der Waals surface area contributed by atoms with Gasteiger partial charge in [-0.3, -0.25) is 0 Å². The third kappa shape index (κ3) is 9.32. The van der Waals surface area contributed by atoms with E-state index in [1.807, 2.05) is 32.9 Å². The largest absolute Gasteiger partial charge is 0.494 e. The number of aliphatic hydroxyl groups is 1. The molecule has 2 rings (SSSR count). The molecule has 1 aromatic carbocycles. The monoisotopic (exact) mass is 423 g/mol. The predicted molar refractivity (Wildman–Crippen MR) is 115 cm³/mol. The lowest BCUT2D eigenvalue weighted by atomic mass is 9.89. The van der Waals surface area contributed by atoms with Crippen LogP contribution in [0.4, 0.5) is 4.79 Å². The molecule has 1 aromatic rings. The molecule has 0 aliphatic carbocycles. The Hall–Kier alpha value is -1.83. The summed E-state index contributed by atoms with van der Waals surface area (Å²) in [5, 5.41) is 8.60. The molecule has 7 nitrogen and oxygen atoms in total. The summed E-state index contributed by atoms with van der Waals surface area (Å²) in [6.45, 7) is 9.77. The van der Waals surface area contributed by atoms with Crippen molar-refractivity contribution in [3.63, 3.8) is 0 Å². The van der Waals surface area contributed by atoms with Gasteiger partial charge >= 0.3 is 6.09 Å². The maximum absolute atomic E-state index is 12.2. The number of rotatable bonds is 11. The van der Waals surface area contributed by atoms with E-state index in [9.17, 15) is 4.79 Å². The van der Waals surface area contributed by atoms with Crippen LogP contribution in [-0.4, -0.2) is 74.4 Å². The maximum Gasteiger partial charge on any atom is 0.410 e. The fraction of sp³-hybridized carbons (Fsp3) is 0.696. The van der Waals surface area contributed by atoms with Crippen molar-refractivity contribution in [1.82, 2.24) is 4.90 Å². The van der Waals surface area contributed by atoms with Crippen LogP contribution in [0.25, 0.3) is 0 Å². The molecule has 30 heavy (non-hydrogen) atoms. The van der Waals surface area contributed by atoms with Gasteiger partial charge in [0.25, 0.3) is 0 Å². The topological polar surface area (TPSA) is 77.5 Å². The Morgan fingerprint density at radius 1 is 1.00 bits per heavy atom. The van der Waals surface area contributed by atoms with Gasteiger partial charge in [-0.1, -0.05) is 12.1 Å². The minimum Gasteiger partial charge on any atom is -0.494 e. The SMILES string of the molecule is CC(C)(C)OC(=O)N1CCC(c2ccc(OCCCOCCOCCO)cc2)CC1. The molecule has 0 saturated carbocycles.